The fourth-order valence-corrected chi connectivity index (χ4v) is 5.59. The first-order valence-corrected chi connectivity index (χ1v) is 11.5. The zero-order valence-corrected chi connectivity index (χ0v) is 18.9. The second-order valence-electron chi connectivity index (χ2n) is 9.41. The molecule has 1 amide bonds. The molecule has 168 valence electrons. The summed E-state index contributed by atoms with van der Waals surface area (Å²) in [6.07, 6.45) is 5.42. The van der Waals surface area contributed by atoms with Gasteiger partial charge in [0.1, 0.15) is 12.0 Å². The van der Waals surface area contributed by atoms with Crippen LogP contribution in [-0.2, 0) is 4.79 Å². The predicted octanol–water partition coefficient (Wildman–Crippen LogP) is 2.25. The number of rotatable bonds is 3. The van der Waals surface area contributed by atoms with Crippen molar-refractivity contribution in [3.8, 4) is 0 Å². The summed E-state index contributed by atoms with van der Waals surface area (Å²) in [6, 6.07) is 11.9. The van der Waals surface area contributed by atoms with Crippen LogP contribution in [0.3, 0.4) is 0 Å². The lowest BCUT2D eigenvalue weighted by Crippen LogP contribution is -2.46. The van der Waals surface area contributed by atoms with Gasteiger partial charge in [-0.15, -0.1) is 0 Å². The van der Waals surface area contributed by atoms with Gasteiger partial charge in [-0.2, -0.15) is 5.10 Å². The fourth-order valence-electron chi connectivity index (χ4n) is 5.59. The van der Waals surface area contributed by atoms with Crippen molar-refractivity contribution in [1.29, 1.82) is 0 Å². The van der Waals surface area contributed by atoms with Crippen LogP contribution in [0.2, 0.25) is 0 Å². The quantitative estimate of drug-likeness (QED) is 0.730. The van der Waals surface area contributed by atoms with Crippen molar-refractivity contribution in [3.05, 3.63) is 65.7 Å². The maximum absolute atomic E-state index is 13.9. The fraction of sp³-hybridized carbons (Fsp3) is 0.400. The van der Waals surface area contributed by atoms with Crippen LogP contribution < -0.4 is 4.90 Å². The van der Waals surface area contributed by atoms with Gasteiger partial charge in [-0.1, -0.05) is 30.3 Å². The summed E-state index contributed by atoms with van der Waals surface area (Å²) in [5.41, 5.74) is 3.80. The van der Waals surface area contributed by atoms with Crippen LogP contribution in [-0.4, -0.2) is 69.9 Å². The zero-order valence-electron chi connectivity index (χ0n) is 18.9. The van der Waals surface area contributed by atoms with E-state index in [1.54, 1.807) is 6.20 Å². The average Bonchev–Trinajstić information content (AvgIpc) is 3.50. The van der Waals surface area contributed by atoms with E-state index in [0.717, 1.165) is 54.8 Å². The molecule has 6 rings (SSSR count). The lowest BCUT2D eigenvalue weighted by molar-refractivity contribution is -0.133. The molecule has 1 aromatic heterocycles. The average molecular weight is 442 g/mol. The van der Waals surface area contributed by atoms with Crippen LogP contribution in [0, 0.1) is 31.6 Å². The molecular weight excluding hydrogens is 414 g/mol. The van der Waals surface area contributed by atoms with Crippen LogP contribution >= 0.6 is 0 Å². The molecule has 0 radical (unpaired) electrons. The van der Waals surface area contributed by atoms with Gasteiger partial charge in [0.25, 0.3) is 0 Å². The van der Waals surface area contributed by atoms with Gasteiger partial charge in [-0.25, -0.2) is 9.97 Å². The molecule has 2 unspecified atom stereocenters. The molecule has 2 fully saturated rings. The van der Waals surface area contributed by atoms with E-state index >= 15 is 0 Å². The van der Waals surface area contributed by atoms with Gasteiger partial charge in [0.2, 0.25) is 11.9 Å². The molecule has 8 nitrogen and oxygen atoms in total. The minimum absolute atomic E-state index is 0.149. The first-order chi connectivity index (χ1) is 16.1. The highest BCUT2D eigenvalue weighted by molar-refractivity contribution is 6.16. The van der Waals surface area contributed by atoms with Crippen LogP contribution in [0.15, 0.2) is 58.9 Å². The number of carbonyl (C=O) groups is 1. The van der Waals surface area contributed by atoms with Crippen LogP contribution in [0.1, 0.15) is 17.0 Å². The van der Waals surface area contributed by atoms with Gasteiger partial charge in [-0.05, 0) is 25.5 Å². The second kappa shape index (κ2) is 7.79. The summed E-state index contributed by atoms with van der Waals surface area (Å²) >= 11 is 0. The molecule has 1 aromatic carbocycles. The Morgan fingerprint density at radius 1 is 0.970 bits per heavy atom. The lowest BCUT2D eigenvalue weighted by atomic mass is 9.90. The zero-order chi connectivity index (χ0) is 22.5. The van der Waals surface area contributed by atoms with E-state index in [0.29, 0.717) is 11.8 Å². The molecule has 0 N–H and O–H groups in total. The summed E-state index contributed by atoms with van der Waals surface area (Å²) < 4.78 is 0. The number of aliphatic imine (C=N–C) groups is 1. The molecule has 5 heterocycles. The number of carbonyl (C=O) groups excluding carboxylic acids is 1. The second-order valence-corrected chi connectivity index (χ2v) is 9.41. The molecule has 2 aromatic rings. The van der Waals surface area contributed by atoms with Gasteiger partial charge in [0.05, 0.1) is 5.71 Å². The van der Waals surface area contributed by atoms with Crippen molar-refractivity contribution < 1.29 is 4.79 Å². The van der Waals surface area contributed by atoms with E-state index in [9.17, 15) is 4.79 Å². The molecule has 0 saturated carbocycles. The molecule has 33 heavy (non-hydrogen) atoms. The number of amides is 1. The molecule has 0 spiro atoms. The Bertz CT molecular complexity index is 1140. The van der Waals surface area contributed by atoms with Gasteiger partial charge in [0.15, 0.2) is 0 Å². The van der Waals surface area contributed by atoms with Gasteiger partial charge >= 0.3 is 0 Å². The normalized spacial score (nSPS) is 27.7. The van der Waals surface area contributed by atoms with Crippen LogP contribution in [0.5, 0.6) is 0 Å². The maximum Gasteiger partial charge on any atom is 0.234 e. The largest absolute Gasteiger partial charge is 0.341 e. The number of hydrogen-bond donors (Lipinski definition) is 0. The summed E-state index contributed by atoms with van der Waals surface area (Å²) in [5.74, 6) is 1.49. The Morgan fingerprint density at radius 2 is 1.67 bits per heavy atom. The number of aromatic nitrogens is 2. The van der Waals surface area contributed by atoms with E-state index in [2.05, 4.69) is 19.9 Å². The van der Waals surface area contributed by atoms with E-state index < -0.39 is 0 Å². The van der Waals surface area contributed by atoms with E-state index in [1.807, 2.05) is 72.6 Å². The third kappa shape index (κ3) is 3.50. The molecule has 4 aliphatic rings. The number of anilines is 1. The molecule has 4 aliphatic heterocycles. The Kier molecular flexibility index (Phi) is 4.74. The predicted molar refractivity (Wildman–Crippen MR) is 127 cm³/mol. The maximum atomic E-state index is 13.9. The Hall–Kier alpha value is -3.55. The first kappa shape index (κ1) is 20.1. The van der Waals surface area contributed by atoms with E-state index in [4.69, 9.17) is 5.10 Å². The molecule has 4 atom stereocenters. The van der Waals surface area contributed by atoms with Crippen LogP contribution in [0.4, 0.5) is 5.95 Å². The van der Waals surface area contributed by atoms with Crippen molar-refractivity contribution in [1.82, 2.24) is 19.9 Å². The molecule has 8 heteroatoms. The first-order valence-electron chi connectivity index (χ1n) is 11.5. The Labute approximate surface area is 193 Å². The van der Waals surface area contributed by atoms with E-state index in [1.165, 1.54) is 0 Å². The number of aryl methyl sites for hydroxylation is 2. The van der Waals surface area contributed by atoms with Crippen LogP contribution in [0.25, 0.3) is 0 Å². The molecule has 0 aliphatic carbocycles. The number of hydrogen-bond acceptors (Lipinski definition) is 7. The number of benzene rings is 1. The monoisotopic (exact) mass is 441 g/mol. The number of nitrogens with zero attached hydrogens (tertiary/aromatic N) is 7. The van der Waals surface area contributed by atoms with Gasteiger partial charge in [0, 0.05) is 68.0 Å². The Morgan fingerprint density at radius 3 is 2.36 bits per heavy atom. The van der Waals surface area contributed by atoms with Crippen molar-refractivity contribution in [2.45, 2.75) is 19.9 Å². The number of hydrazone groups is 1. The minimum Gasteiger partial charge on any atom is -0.341 e. The summed E-state index contributed by atoms with van der Waals surface area (Å²) in [5, 5.41) is 6.66. The highest BCUT2D eigenvalue weighted by Crippen LogP contribution is 2.36. The lowest BCUT2D eigenvalue weighted by Gasteiger charge is -2.28. The molecule has 2 saturated heterocycles. The van der Waals surface area contributed by atoms with Crippen molar-refractivity contribution in [2.75, 3.05) is 31.1 Å². The van der Waals surface area contributed by atoms with Crippen molar-refractivity contribution in [2.24, 2.45) is 27.8 Å². The highest BCUT2D eigenvalue weighted by atomic mass is 16.2. The topological polar surface area (TPSA) is 77.3 Å². The van der Waals surface area contributed by atoms with Gasteiger partial charge < -0.3 is 9.80 Å². The summed E-state index contributed by atoms with van der Waals surface area (Å²) in [7, 11) is 0. The summed E-state index contributed by atoms with van der Waals surface area (Å²) in [4.78, 5) is 31.8. The summed E-state index contributed by atoms with van der Waals surface area (Å²) in [6.45, 7) is 7.33. The highest BCUT2D eigenvalue weighted by Gasteiger charge is 2.48. The standard InChI is InChI=1S/C25H27N7O/c1-16-10-17(2)28-25(27-16)31-14-19-12-30(13-20(19)15-31)24(33)22-21-11-26-8-9-32(21)29-23(22)18-6-4-3-5-7-18/h3-11,19-22H,12-15H2,1-2H3/t19-,20+,21?,22?. The Balaban J connectivity index is 1.20. The smallest absolute Gasteiger partial charge is 0.234 e. The number of likely N-dealkylation sites (tertiary alicyclic amines) is 1. The minimum atomic E-state index is -0.348. The third-order valence-corrected chi connectivity index (χ3v) is 7.10. The van der Waals surface area contributed by atoms with Crippen molar-refractivity contribution in [3.63, 3.8) is 0 Å². The molecule has 0 bridgehead atoms. The molecular formula is C25H27N7O. The third-order valence-electron chi connectivity index (χ3n) is 7.10. The van der Waals surface area contributed by atoms with E-state index in [-0.39, 0.29) is 17.9 Å². The van der Waals surface area contributed by atoms with Gasteiger partial charge in [-0.3, -0.25) is 14.8 Å². The number of fused-ring (bicyclic) bond motifs is 2. The SMILES string of the molecule is Cc1cc(C)nc(N2C[C@H]3CN(C(=O)C4C(c5ccccc5)=NN5C=CN=CC45)C[C@H]3C2)n1. The van der Waals surface area contributed by atoms with Crippen molar-refractivity contribution >= 4 is 23.8 Å².